The van der Waals surface area contributed by atoms with E-state index in [-0.39, 0.29) is 24.0 Å². The van der Waals surface area contributed by atoms with E-state index in [1.165, 1.54) is 0 Å². The first-order valence-electron chi connectivity index (χ1n) is 6.51. The third-order valence-corrected chi connectivity index (χ3v) is 3.95. The monoisotopic (exact) mass is 240 g/mol. The van der Waals surface area contributed by atoms with Gasteiger partial charge in [0, 0.05) is 6.42 Å². The van der Waals surface area contributed by atoms with Crippen LogP contribution in [-0.4, -0.2) is 24.6 Å². The van der Waals surface area contributed by atoms with Gasteiger partial charge < -0.3 is 9.47 Å². The molecule has 0 aromatic heterocycles. The molecule has 4 unspecified atom stereocenters. The van der Waals surface area contributed by atoms with Gasteiger partial charge in [-0.25, -0.2) is 0 Å². The van der Waals surface area contributed by atoms with Crippen LogP contribution in [-0.2, 0) is 19.1 Å². The van der Waals surface area contributed by atoms with Crippen LogP contribution in [0.2, 0.25) is 0 Å². The molecule has 0 aromatic rings. The fourth-order valence-electron chi connectivity index (χ4n) is 3.16. The van der Waals surface area contributed by atoms with E-state index in [1.54, 1.807) is 6.92 Å². The maximum Gasteiger partial charge on any atom is 0.309 e. The normalized spacial score (nSPS) is 34.7. The minimum Gasteiger partial charge on any atom is -0.466 e. The van der Waals surface area contributed by atoms with E-state index in [0.29, 0.717) is 24.9 Å². The summed E-state index contributed by atoms with van der Waals surface area (Å²) in [6.45, 7) is 4.08. The molecule has 0 spiro atoms. The summed E-state index contributed by atoms with van der Waals surface area (Å²) in [6, 6.07) is 0. The van der Waals surface area contributed by atoms with E-state index in [4.69, 9.17) is 9.47 Å². The highest BCUT2D eigenvalue weighted by molar-refractivity contribution is 5.73. The van der Waals surface area contributed by atoms with Gasteiger partial charge >= 0.3 is 11.9 Å². The number of ether oxygens (including phenoxy) is 2. The number of esters is 2. The van der Waals surface area contributed by atoms with Crippen LogP contribution in [0.4, 0.5) is 0 Å². The highest BCUT2D eigenvalue weighted by Crippen LogP contribution is 2.50. The lowest BCUT2D eigenvalue weighted by Crippen LogP contribution is -2.31. The summed E-state index contributed by atoms with van der Waals surface area (Å²) in [6.07, 6.45) is 3.13. The fraction of sp³-hybridized carbons (Fsp3) is 0.846. The van der Waals surface area contributed by atoms with Gasteiger partial charge in [0.1, 0.15) is 6.10 Å². The van der Waals surface area contributed by atoms with Gasteiger partial charge in [0.2, 0.25) is 0 Å². The molecule has 2 bridgehead atoms. The second-order valence-corrected chi connectivity index (χ2v) is 4.97. The van der Waals surface area contributed by atoms with Crippen LogP contribution in [0, 0.1) is 17.8 Å². The van der Waals surface area contributed by atoms with Gasteiger partial charge in [-0.05, 0) is 38.0 Å². The molecule has 2 fully saturated rings. The Kier molecular flexibility index (Phi) is 3.69. The zero-order valence-corrected chi connectivity index (χ0v) is 10.5. The molecule has 4 nitrogen and oxygen atoms in total. The van der Waals surface area contributed by atoms with Crippen molar-refractivity contribution in [1.82, 2.24) is 0 Å². The number of rotatable bonds is 4. The second-order valence-electron chi connectivity index (χ2n) is 4.97. The molecular formula is C13H20O4. The molecule has 2 saturated carbocycles. The molecule has 4 heteroatoms. The highest BCUT2D eigenvalue weighted by Gasteiger charge is 2.50. The van der Waals surface area contributed by atoms with E-state index in [1.807, 2.05) is 6.92 Å². The Bertz CT molecular complexity index is 313. The Morgan fingerprint density at radius 2 is 1.88 bits per heavy atom. The van der Waals surface area contributed by atoms with Crippen molar-refractivity contribution in [2.45, 2.75) is 45.6 Å². The zero-order chi connectivity index (χ0) is 12.4. The molecule has 0 saturated heterocycles. The Labute approximate surface area is 102 Å². The van der Waals surface area contributed by atoms with Crippen molar-refractivity contribution >= 4 is 11.9 Å². The number of carbonyl (C=O) groups is 2. The van der Waals surface area contributed by atoms with Crippen molar-refractivity contribution in [2.75, 3.05) is 6.61 Å². The molecule has 0 heterocycles. The Balaban J connectivity index is 1.87. The lowest BCUT2D eigenvalue weighted by Gasteiger charge is -2.26. The average molecular weight is 240 g/mol. The zero-order valence-electron chi connectivity index (χ0n) is 10.5. The summed E-state index contributed by atoms with van der Waals surface area (Å²) in [5, 5.41) is 0. The minimum atomic E-state index is -0.129. The smallest absolute Gasteiger partial charge is 0.309 e. The molecule has 0 N–H and O–H groups in total. The maximum absolute atomic E-state index is 11.7. The van der Waals surface area contributed by atoms with Crippen molar-refractivity contribution in [1.29, 1.82) is 0 Å². The molecule has 4 atom stereocenters. The molecule has 96 valence electrons. The Morgan fingerprint density at radius 1 is 1.12 bits per heavy atom. The van der Waals surface area contributed by atoms with Crippen LogP contribution in [0.1, 0.15) is 39.5 Å². The van der Waals surface area contributed by atoms with E-state index in [9.17, 15) is 9.59 Å². The van der Waals surface area contributed by atoms with Crippen molar-refractivity contribution in [3.63, 3.8) is 0 Å². The van der Waals surface area contributed by atoms with Crippen molar-refractivity contribution in [3.05, 3.63) is 0 Å². The molecule has 2 aliphatic rings. The average Bonchev–Trinajstić information content (AvgIpc) is 2.88. The van der Waals surface area contributed by atoms with Crippen molar-refractivity contribution in [3.8, 4) is 0 Å². The van der Waals surface area contributed by atoms with Gasteiger partial charge in [0.15, 0.2) is 0 Å². The number of hydrogen-bond acceptors (Lipinski definition) is 4. The van der Waals surface area contributed by atoms with Gasteiger partial charge in [-0.1, -0.05) is 6.92 Å². The quantitative estimate of drug-likeness (QED) is 0.704. The summed E-state index contributed by atoms with van der Waals surface area (Å²) in [5.74, 6) is 0.561. The van der Waals surface area contributed by atoms with Crippen LogP contribution >= 0.6 is 0 Å². The van der Waals surface area contributed by atoms with E-state index >= 15 is 0 Å². The SMILES string of the molecule is CCOC(=O)C1CC2CC1CC2OC(=O)CC. The largest absolute Gasteiger partial charge is 0.466 e. The summed E-state index contributed by atoms with van der Waals surface area (Å²) >= 11 is 0. The molecule has 17 heavy (non-hydrogen) atoms. The van der Waals surface area contributed by atoms with Crippen molar-refractivity contribution < 1.29 is 19.1 Å². The summed E-state index contributed by atoms with van der Waals surface area (Å²) in [5.41, 5.74) is 0. The lowest BCUT2D eigenvalue weighted by atomic mass is 9.87. The second kappa shape index (κ2) is 5.07. The van der Waals surface area contributed by atoms with Gasteiger partial charge in [0.05, 0.1) is 12.5 Å². The van der Waals surface area contributed by atoms with Gasteiger partial charge in [0.25, 0.3) is 0 Å². The van der Waals surface area contributed by atoms with Gasteiger partial charge in [-0.2, -0.15) is 0 Å². The van der Waals surface area contributed by atoms with Gasteiger partial charge in [-0.3, -0.25) is 9.59 Å². The molecular weight excluding hydrogens is 220 g/mol. The number of fused-ring (bicyclic) bond motifs is 2. The molecule has 0 radical (unpaired) electrons. The lowest BCUT2D eigenvalue weighted by molar-refractivity contribution is -0.154. The molecule has 2 aliphatic carbocycles. The summed E-state index contributed by atoms with van der Waals surface area (Å²) in [7, 11) is 0. The number of hydrogen-bond donors (Lipinski definition) is 0. The molecule has 2 rings (SSSR count). The molecule has 0 aromatic carbocycles. The molecule has 0 aliphatic heterocycles. The van der Waals surface area contributed by atoms with E-state index < -0.39 is 0 Å². The van der Waals surface area contributed by atoms with Crippen LogP contribution in [0.3, 0.4) is 0 Å². The third-order valence-electron chi connectivity index (χ3n) is 3.95. The topological polar surface area (TPSA) is 52.6 Å². The number of carbonyl (C=O) groups excluding carboxylic acids is 2. The summed E-state index contributed by atoms with van der Waals surface area (Å²) in [4.78, 5) is 22.9. The van der Waals surface area contributed by atoms with Crippen LogP contribution < -0.4 is 0 Å². The summed E-state index contributed by atoms with van der Waals surface area (Å²) < 4.78 is 10.5. The predicted molar refractivity (Wildman–Crippen MR) is 61.1 cm³/mol. The minimum absolute atomic E-state index is 0.0385. The third kappa shape index (κ3) is 2.45. The van der Waals surface area contributed by atoms with Gasteiger partial charge in [-0.15, -0.1) is 0 Å². The fourth-order valence-corrected chi connectivity index (χ4v) is 3.16. The first-order chi connectivity index (χ1) is 8.15. The predicted octanol–water partition coefficient (Wildman–Crippen LogP) is 1.92. The van der Waals surface area contributed by atoms with Crippen molar-refractivity contribution in [2.24, 2.45) is 17.8 Å². The first kappa shape index (κ1) is 12.4. The van der Waals surface area contributed by atoms with E-state index in [0.717, 1.165) is 19.3 Å². The Morgan fingerprint density at radius 3 is 2.41 bits per heavy atom. The van der Waals surface area contributed by atoms with E-state index in [2.05, 4.69) is 0 Å². The van der Waals surface area contributed by atoms with Crippen LogP contribution in [0.15, 0.2) is 0 Å². The maximum atomic E-state index is 11.7. The van der Waals surface area contributed by atoms with Crippen LogP contribution in [0.25, 0.3) is 0 Å². The standard InChI is InChI=1S/C13H20O4/c1-3-12(14)17-11-7-8-5-9(11)6-10(8)13(15)16-4-2/h8-11H,3-7H2,1-2H3. The molecule has 0 amide bonds. The Hall–Kier alpha value is -1.06. The van der Waals surface area contributed by atoms with Crippen LogP contribution in [0.5, 0.6) is 0 Å². The first-order valence-corrected chi connectivity index (χ1v) is 6.51. The highest BCUT2D eigenvalue weighted by atomic mass is 16.5.